The number of hydrogen-bond donors (Lipinski definition) is 0. The molecule has 5 rings (SSSR count). The summed E-state index contributed by atoms with van der Waals surface area (Å²) in [7, 11) is 2.04. The summed E-state index contributed by atoms with van der Waals surface area (Å²) in [5.74, 6) is 6.69. The fourth-order valence-corrected chi connectivity index (χ4v) is 9.16. The summed E-state index contributed by atoms with van der Waals surface area (Å²) in [6.07, 6.45) is 13.0. The van der Waals surface area contributed by atoms with E-state index in [4.69, 9.17) is 0 Å². The fourth-order valence-electron chi connectivity index (χ4n) is 9.16. The molecule has 1 aromatic rings. The van der Waals surface area contributed by atoms with Crippen LogP contribution in [-0.2, 0) is 0 Å². The number of carbonyl (C=O) groups excluding carboxylic acids is 1. The first-order valence-corrected chi connectivity index (χ1v) is 13.2. The van der Waals surface area contributed by atoms with Crippen LogP contribution in [-0.4, -0.2) is 23.9 Å². The van der Waals surface area contributed by atoms with E-state index in [-0.39, 0.29) is 5.91 Å². The summed E-state index contributed by atoms with van der Waals surface area (Å²) in [5, 5.41) is 0. The van der Waals surface area contributed by atoms with Crippen molar-refractivity contribution in [3.8, 4) is 0 Å². The minimum Gasteiger partial charge on any atom is -0.339 e. The van der Waals surface area contributed by atoms with Crippen molar-refractivity contribution in [2.75, 3.05) is 7.05 Å². The highest BCUT2D eigenvalue weighted by atomic mass is 16.2. The first kappa shape index (κ1) is 21.5. The van der Waals surface area contributed by atoms with E-state index in [0.717, 1.165) is 41.1 Å². The Bertz CT molecular complexity index is 789. The Labute approximate surface area is 190 Å². The highest BCUT2D eigenvalue weighted by molar-refractivity contribution is 5.94. The van der Waals surface area contributed by atoms with Gasteiger partial charge >= 0.3 is 0 Å². The van der Waals surface area contributed by atoms with Crippen LogP contribution < -0.4 is 0 Å². The molecular weight excluding hydrogens is 378 g/mol. The van der Waals surface area contributed by atoms with Crippen LogP contribution in [0.3, 0.4) is 0 Å². The van der Waals surface area contributed by atoms with Gasteiger partial charge in [-0.25, -0.2) is 0 Å². The summed E-state index contributed by atoms with van der Waals surface area (Å²) < 4.78 is 0. The summed E-state index contributed by atoms with van der Waals surface area (Å²) in [6, 6.07) is 10.2. The zero-order chi connectivity index (χ0) is 21.8. The molecule has 0 heterocycles. The molecule has 0 aromatic heterocycles. The molecule has 170 valence electrons. The van der Waals surface area contributed by atoms with Crippen molar-refractivity contribution < 1.29 is 4.79 Å². The van der Waals surface area contributed by atoms with Gasteiger partial charge in [0.05, 0.1) is 0 Å². The molecule has 0 N–H and O–H groups in total. The lowest BCUT2D eigenvalue weighted by atomic mass is 9.49. The Balaban J connectivity index is 1.32. The number of rotatable bonds is 3. The lowest BCUT2D eigenvalue weighted by Crippen LogP contribution is -2.51. The molecule has 4 unspecified atom stereocenters. The second kappa shape index (κ2) is 8.23. The maximum Gasteiger partial charge on any atom is 0.253 e. The minimum atomic E-state index is 0.186. The van der Waals surface area contributed by atoms with E-state index < -0.39 is 0 Å². The topological polar surface area (TPSA) is 20.3 Å². The number of nitrogens with zero attached hydrogens (tertiary/aromatic N) is 1. The normalized spacial score (nSPS) is 42.8. The van der Waals surface area contributed by atoms with Gasteiger partial charge in [-0.15, -0.1) is 0 Å². The Hall–Kier alpha value is -1.31. The van der Waals surface area contributed by atoms with Gasteiger partial charge in [-0.3, -0.25) is 4.79 Å². The second-order valence-electron chi connectivity index (χ2n) is 12.1. The van der Waals surface area contributed by atoms with Crippen molar-refractivity contribution >= 4 is 5.91 Å². The minimum absolute atomic E-state index is 0.186. The van der Waals surface area contributed by atoms with E-state index in [2.05, 4.69) is 25.7 Å². The molecule has 1 amide bonds. The van der Waals surface area contributed by atoms with Gasteiger partial charge < -0.3 is 4.90 Å². The average Bonchev–Trinajstić information content (AvgIpc) is 3.15. The van der Waals surface area contributed by atoms with E-state index in [9.17, 15) is 4.79 Å². The zero-order valence-electron chi connectivity index (χ0n) is 20.2. The van der Waals surface area contributed by atoms with Crippen LogP contribution in [0.1, 0.15) is 88.9 Å². The Kier molecular flexibility index (Phi) is 5.72. The van der Waals surface area contributed by atoms with Gasteiger partial charge in [0.25, 0.3) is 5.91 Å². The predicted octanol–water partition coefficient (Wildman–Crippen LogP) is 7.05. The third-order valence-corrected chi connectivity index (χ3v) is 10.8. The number of fused-ring (bicyclic) bond motifs is 5. The van der Waals surface area contributed by atoms with Gasteiger partial charge in [0.2, 0.25) is 0 Å². The lowest BCUT2D eigenvalue weighted by Gasteiger charge is -2.57. The van der Waals surface area contributed by atoms with Gasteiger partial charge in [0, 0.05) is 18.7 Å². The Morgan fingerprint density at radius 1 is 0.968 bits per heavy atom. The predicted molar refractivity (Wildman–Crippen MR) is 128 cm³/mol. The Morgan fingerprint density at radius 3 is 2.48 bits per heavy atom. The van der Waals surface area contributed by atoms with E-state index in [0.29, 0.717) is 17.4 Å². The van der Waals surface area contributed by atoms with Crippen molar-refractivity contribution in [3.63, 3.8) is 0 Å². The molecule has 0 saturated heterocycles. The highest BCUT2D eigenvalue weighted by Crippen LogP contribution is 2.65. The van der Waals surface area contributed by atoms with Gasteiger partial charge in [-0.1, -0.05) is 38.5 Å². The molecule has 4 aliphatic rings. The average molecular weight is 422 g/mol. The quantitative estimate of drug-likeness (QED) is 0.512. The molecule has 0 bridgehead atoms. The SMILES string of the molecule is C[C@H]1CC[C@H]2C(CC[C@@H]3C2CC[C@@]2(C)C3CCC2[C@H](C)N(C)C(=O)c2ccccc2)C1. The number of hydrogen-bond acceptors (Lipinski definition) is 1. The van der Waals surface area contributed by atoms with E-state index in [1.165, 1.54) is 57.8 Å². The molecule has 4 saturated carbocycles. The molecule has 0 spiro atoms. The van der Waals surface area contributed by atoms with Gasteiger partial charge in [-0.2, -0.15) is 0 Å². The summed E-state index contributed by atoms with van der Waals surface area (Å²) in [5.41, 5.74) is 1.24. The Morgan fingerprint density at radius 2 is 1.71 bits per heavy atom. The van der Waals surface area contributed by atoms with Crippen LogP contribution in [0, 0.1) is 46.8 Å². The summed E-state index contributed by atoms with van der Waals surface area (Å²) >= 11 is 0. The number of benzene rings is 1. The van der Waals surface area contributed by atoms with Gasteiger partial charge in [0.15, 0.2) is 0 Å². The maximum atomic E-state index is 13.1. The fraction of sp³-hybridized carbons (Fsp3) is 0.759. The van der Waals surface area contributed by atoms with Crippen LogP contribution in [0.25, 0.3) is 0 Å². The summed E-state index contributed by atoms with van der Waals surface area (Å²) in [6.45, 7) is 7.42. The second-order valence-corrected chi connectivity index (χ2v) is 12.1. The number of carbonyl (C=O) groups is 1. The van der Waals surface area contributed by atoms with Crippen LogP contribution >= 0.6 is 0 Å². The molecule has 4 aliphatic carbocycles. The molecule has 0 radical (unpaired) electrons. The number of amides is 1. The van der Waals surface area contributed by atoms with Crippen LogP contribution in [0.4, 0.5) is 0 Å². The third kappa shape index (κ3) is 3.57. The highest BCUT2D eigenvalue weighted by Gasteiger charge is 2.58. The molecule has 31 heavy (non-hydrogen) atoms. The monoisotopic (exact) mass is 421 g/mol. The maximum absolute atomic E-state index is 13.1. The van der Waals surface area contributed by atoms with Crippen molar-refractivity contribution in [1.82, 2.24) is 4.90 Å². The van der Waals surface area contributed by atoms with Gasteiger partial charge in [0.1, 0.15) is 0 Å². The van der Waals surface area contributed by atoms with Crippen molar-refractivity contribution in [1.29, 1.82) is 0 Å². The van der Waals surface area contributed by atoms with Gasteiger partial charge in [-0.05, 0) is 117 Å². The third-order valence-electron chi connectivity index (χ3n) is 10.8. The molecule has 1 aromatic carbocycles. The molecule has 9 atom stereocenters. The molecule has 2 nitrogen and oxygen atoms in total. The first-order valence-electron chi connectivity index (χ1n) is 13.2. The van der Waals surface area contributed by atoms with Crippen LogP contribution in [0.5, 0.6) is 0 Å². The zero-order valence-corrected chi connectivity index (χ0v) is 20.2. The van der Waals surface area contributed by atoms with E-state index >= 15 is 0 Å². The lowest BCUT2D eigenvalue weighted by molar-refractivity contribution is -0.0738. The smallest absolute Gasteiger partial charge is 0.253 e. The summed E-state index contributed by atoms with van der Waals surface area (Å²) in [4.78, 5) is 15.2. The molecular formula is C29H43NO. The van der Waals surface area contributed by atoms with E-state index in [1.54, 1.807) is 0 Å². The molecule has 0 aliphatic heterocycles. The largest absolute Gasteiger partial charge is 0.339 e. The first-order chi connectivity index (χ1) is 14.9. The van der Waals surface area contributed by atoms with Crippen molar-refractivity contribution in [2.45, 2.75) is 84.6 Å². The molecule has 4 fully saturated rings. The van der Waals surface area contributed by atoms with Crippen molar-refractivity contribution in [3.05, 3.63) is 35.9 Å². The van der Waals surface area contributed by atoms with Crippen molar-refractivity contribution in [2.24, 2.45) is 46.8 Å². The standard InChI is InChI=1S/C29H43NO/c1-19-10-12-23-22(18-19)11-13-25-24(23)16-17-29(3)26(14-15-27(25)29)20(2)30(4)28(31)21-8-6-5-7-9-21/h5-9,19-20,22-27H,10-18H2,1-4H3/t19-,20-,22?,23-,24?,25+,26?,27?,29+/m0/s1. The van der Waals surface area contributed by atoms with Crippen LogP contribution in [0.2, 0.25) is 0 Å². The van der Waals surface area contributed by atoms with E-state index in [1.807, 2.05) is 37.4 Å². The van der Waals surface area contributed by atoms with Crippen LogP contribution in [0.15, 0.2) is 30.3 Å². The molecule has 2 heteroatoms.